The molecule has 0 unspecified atom stereocenters. The minimum atomic E-state index is -0.423. The molecule has 1 aromatic heterocycles. The van der Waals surface area contributed by atoms with E-state index in [2.05, 4.69) is 25.5 Å². The van der Waals surface area contributed by atoms with E-state index in [1.165, 1.54) is 0 Å². The number of likely N-dealkylation sites (N-methyl/N-ethyl adjacent to an activating group) is 1. The van der Waals surface area contributed by atoms with Crippen molar-refractivity contribution >= 4 is 17.7 Å². The summed E-state index contributed by atoms with van der Waals surface area (Å²) in [6, 6.07) is 7.72. The van der Waals surface area contributed by atoms with Crippen LogP contribution < -0.4 is 15.4 Å². The number of nitrogens with one attached hydrogen (secondary N) is 2. The summed E-state index contributed by atoms with van der Waals surface area (Å²) < 4.78 is 16.9. The van der Waals surface area contributed by atoms with Crippen molar-refractivity contribution in [1.29, 1.82) is 0 Å². The minimum Gasteiger partial charge on any atom is -0.492 e. The fraction of sp³-hybridized carbons (Fsp3) is 0.500. The van der Waals surface area contributed by atoms with Crippen molar-refractivity contribution in [1.82, 2.24) is 20.2 Å². The third kappa shape index (κ3) is 7.37. The smallest absolute Gasteiger partial charge is 0.407 e. The van der Waals surface area contributed by atoms with Crippen LogP contribution >= 0.6 is 0 Å². The minimum absolute atomic E-state index is 0.0318. The molecule has 0 saturated carbocycles. The van der Waals surface area contributed by atoms with Gasteiger partial charge in [-0.2, -0.15) is 0 Å². The van der Waals surface area contributed by atoms with Gasteiger partial charge in [-0.1, -0.05) is 6.07 Å². The molecule has 0 radical (unpaired) electrons. The van der Waals surface area contributed by atoms with Gasteiger partial charge in [-0.15, -0.1) is 0 Å². The maximum atomic E-state index is 11.7. The van der Waals surface area contributed by atoms with Crippen molar-refractivity contribution in [2.24, 2.45) is 0 Å². The largest absolute Gasteiger partial charge is 0.492 e. The molecular formula is C22H31N5O4. The van der Waals surface area contributed by atoms with E-state index in [4.69, 9.17) is 14.2 Å². The van der Waals surface area contributed by atoms with Gasteiger partial charge < -0.3 is 29.7 Å². The van der Waals surface area contributed by atoms with E-state index in [-0.39, 0.29) is 18.2 Å². The van der Waals surface area contributed by atoms with Gasteiger partial charge in [0.05, 0.1) is 12.7 Å². The Morgan fingerprint density at radius 3 is 2.77 bits per heavy atom. The Balaban J connectivity index is 1.51. The van der Waals surface area contributed by atoms with Crippen molar-refractivity contribution in [3.8, 4) is 5.75 Å². The van der Waals surface area contributed by atoms with E-state index < -0.39 is 6.09 Å². The lowest BCUT2D eigenvalue weighted by atomic mass is 10.1. The summed E-state index contributed by atoms with van der Waals surface area (Å²) in [7, 11) is 4.02. The lowest BCUT2D eigenvalue weighted by Gasteiger charge is -2.13. The molecule has 2 N–H and O–H groups in total. The Morgan fingerprint density at radius 1 is 1.29 bits per heavy atom. The van der Waals surface area contributed by atoms with Gasteiger partial charge in [0.1, 0.15) is 18.5 Å². The van der Waals surface area contributed by atoms with Crippen LogP contribution in [0, 0.1) is 0 Å². The number of benzene rings is 1. The highest BCUT2D eigenvalue weighted by atomic mass is 16.6. The first kappa shape index (κ1) is 22.8. The van der Waals surface area contributed by atoms with Gasteiger partial charge in [0, 0.05) is 48.7 Å². The summed E-state index contributed by atoms with van der Waals surface area (Å²) in [5, 5.41) is 5.90. The van der Waals surface area contributed by atoms with Crippen LogP contribution in [-0.4, -0.2) is 67.0 Å². The number of amides is 1. The van der Waals surface area contributed by atoms with Gasteiger partial charge in [0.2, 0.25) is 5.95 Å². The molecule has 31 heavy (non-hydrogen) atoms. The number of rotatable bonds is 9. The fourth-order valence-corrected chi connectivity index (χ4v) is 3.04. The molecule has 2 aromatic rings. The van der Waals surface area contributed by atoms with E-state index in [1.807, 2.05) is 52.2 Å². The van der Waals surface area contributed by atoms with Gasteiger partial charge in [-0.05, 0) is 40.1 Å². The quantitative estimate of drug-likeness (QED) is 0.627. The van der Waals surface area contributed by atoms with E-state index in [0.29, 0.717) is 25.6 Å². The number of ether oxygens (including phenoxy) is 3. The van der Waals surface area contributed by atoms with Gasteiger partial charge in [-0.25, -0.2) is 14.8 Å². The third-order valence-electron chi connectivity index (χ3n) is 4.58. The zero-order valence-electron chi connectivity index (χ0n) is 18.5. The lowest BCUT2D eigenvalue weighted by Crippen LogP contribution is -2.33. The molecular weight excluding hydrogens is 398 g/mol. The van der Waals surface area contributed by atoms with E-state index >= 15 is 0 Å². The van der Waals surface area contributed by atoms with Crippen LogP contribution in [0.15, 0.2) is 36.7 Å². The molecule has 9 nitrogen and oxygen atoms in total. The first-order valence-electron chi connectivity index (χ1n) is 10.4. The highest BCUT2D eigenvalue weighted by molar-refractivity contribution is 5.67. The van der Waals surface area contributed by atoms with Crippen LogP contribution in [0.4, 0.5) is 16.4 Å². The number of carbonyl (C=O) groups is 1. The van der Waals surface area contributed by atoms with Crippen molar-refractivity contribution in [3.63, 3.8) is 0 Å². The Bertz CT molecular complexity index is 844. The van der Waals surface area contributed by atoms with Crippen molar-refractivity contribution in [3.05, 3.63) is 42.2 Å². The lowest BCUT2D eigenvalue weighted by molar-refractivity contribution is 0.0690. The second kappa shape index (κ2) is 10.9. The monoisotopic (exact) mass is 429 g/mol. The van der Waals surface area contributed by atoms with E-state index in [0.717, 1.165) is 23.5 Å². The summed E-state index contributed by atoms with van der Waals surface area (Å²) in [5.74, 6) is 1.27. The van der Waals surface area contributed by atoms with Crippen LogP contribution in [-0.2, 0) is 9.47 Å². The third-order valence-corrected chi connectivity index (χ3v) is 4.58. The van der Waals surface area contributed by atoms with Crippen LogP contribution in [0.2, 0.25) is 0 Å². The zero-order valence-corrected chi connectivity index (χ0v) is 18.5. The summed E-state index contributed by atoms with van der Waals surface area (Å²) in [4.78, 5) is 22.6. The highest BCUT2D eigenvalue weighted by Crippen LogP contribution is 2.30. The Kier molecular flexibility index (Phi) is 8.02. The molecule has 0 aliphatic carbocycles. The number of carbonyl (C=O) groups excluding carboxylic acids is 1. The molecule has 3 rings (SSSR count). The normalized spacial score (nSPS) is 18.3. The molecule has 9 heteroatoms. The van der Waals surface area contributed by atoms with Crippen LogP contribution in [0.1, 0.15) is 31.9 Å². The van der Waals surface area contributed by atoms with Gasteiger partial charge in [-0.3, -0.25) is 0 Å². The predicted molar refractivity (Wildman–Crippen MR) is 118 cm³/mol. The molecule has 1 amide bonds. The molecule has 2 atom stereocenters. The summed E-state index contributed by atoms with van der Waals surface area (Å²) in [5.41, 5.74) is 1.69. The van der Waals surface area contributed by atoms with Crippen molar-refractivity contribution in [2.45, 2.75) is 38.5 Å². The topological polar surface area (TPSA) is 97.8 Å². The molecule has 1 saturated heterocycles. The van der Waals surface area contributed by atoms with Gasteiger partial charge in [0.15, 0.2) is 0 Å². The predicted octanol–water partition coefficient (Wildman–Crippen LogP) is 3.13. The average molecular weight is 430 g/mol. The Morgan fingerprint density at radius 2 is 2.06 bits per heavy atom. The van der Waals surface area contributed by atoms with Gasteiger partial charge >= 0.3 is 6.09 Å². The molecule has 0 bridgehead atoms. The standard InChI is InChI=1S/C22H31N5O4/c1-15(2)25-22(28)31-19-11-20(30-14-19)16-12-23-21(24-13-16)26-17-6-5-7-18(10-17)29-9-8-27(3)4/h5-7,10,12-13,15,19-20H,8-9,11,14H2,1-4H3,(H,25,28)(H,23,24,26)/t19-,20-/m0/s1. The summed E-state index contributed by atoms with van der Waals surface area (Å²) >= 11 is 0. The molecule has 0 spiro atoms. The second-order valence-corrected chi connectivity index (χ2v) is 8.03. The second-order valence-electron chi connectivity index (χ2n) is 8.03. The van der Waals surface area contributed by atoms with E-state index in [9.17, 15) is 4.79 Å². The number of hydrogen-bond donors (Lipinski definition) is 2. The number of alkyl carbamates (subject to hydrolysis) is 1. The van der Waals surface area contributed by atoms with Crippen molar-refractivity contribution in [2.75, 3.05) is 39.2 Å². The Labute approximate surface area is 183 Å². The SMILES string of the molecule is CC(C)NC(=O)O[C@@H]1CO[C@H](c2cnc(Nc3cccc(OCCN(C)C)c3)nc2)C1. The van der Waals surface area contributed by atoms with Crippen molar-refractivity contribution < 1.29 is 19.0 Å². The van der Waals surface area contributed by atoms with Crippen LogP contribution in [0.3, 0.4) is 0 Å². The number of aromatic nitrogens is 2. The zero-order chi connectivity index (χ0) is 22.2. The Hall–Kier alpha value is -2.91. The van der Waals surface area contributed by atoms with Gasteiger partial charge in [0.25, 0.3) is 0 Å². The number of hydrogen-bond acceptors (Lipinski definition) is 8. The number of anilines is 2. The molecule has 1 fully saturated rings. The average Bonchev–Trinajstić information content (AvgIpc) is 3.16. The first-order chi connectivity index (χ1) is 14.9. The molecule has 1 aromatic carbocycles. The maximum absolute atomic E-state index is 11.7. The molecule has 2 heterocycles. The van der Waals surface area contributed by atoms with Crippen LogP contribution in [0.5, 0.6) is 5.75 Å². The summed E-state index contributed by atoms with van der Waals surface area (Å²) in [6.45, 7) is 5.59. The van der Waals surface area contributed by atoms with E-state index in [1.54, 1.807) is 12.4 Å². The molecule has 1 aliphatic rings. The first-order valence-corrected chi connectivity index (χ1v) is 10.4. The number of nitrogens with zero attached hydrogens (tertiary/aromatic N) is 3. The summed E-state index contributed by atoms with van der Waals surface area (Å²) in [6.07, 6.45) is 3.14. The fourth-order valence-electron chi connectivity index (χ4n) is 3.04. The molecule has 168 valence electrons. The molecule has 1 aliphatic heterocycles. The van der Waals surface area contributed by atoms with Crippen LogP contribution in [0.25, 0.3) is 0 Å². The highest BCUT2D eigenvalue weighted by Gasteiger charge is 2.30. The maximum Gasteiger partial charge on any atom is 0.407 e.